The predicted octanol–water partition coefficient (Wildman–Crippen LogP) is 2.02. The fourth-order valence-corrected chi connectivity index (χ4v) is 3.98. The van der Waals surface area contributed by atoms with Crippen molar-refractivity contribution >= 4 is 23.6 Å². The summed E-state index contributed by atoms with van der Waals surface area (Å²) in [6.07, 6.45) is 5.27. The van der Waals surface area contributed by atoms with Crippen LogP contribution in [0.25, 0.3) is 0 Å². The van der Waals surface area contributed by atoms with Gasteiger partial charge in [0.1, 0.15) is 17.1 Å². The van der Waals surface area contributed by atoms with Crippen molar-refractivity contribution in [3.8, 4) is 0 Å². The van der Waals surface area contributed by atoms with Crippen LogP contribution in [-0.2, 0) is 23.9 Å². The van der Waals surface area contributed by atoms with Crippen molar-refractivity contribution < 1.29 is 39.2 Å². The number of allylic oxidation sites excluding steroid dienone is 3. The highest BCUT2D eigenvalue weighted by Gasteiger charge is 2.67. The van der Waals surface area contributed by atoms with E-state index in [1.165, 1.54) is 20.8 Å². The molecule has 0 aromatic carbocycles. The van der Waals surface area contributed by atoms with E-state index >= 15 is 0 Å². The lowest BCUT2D eigenvalue weighted by atomic mass is 9.66. The number of rotatable bonds is 7. The van der Waals surface area contributed by atoms with Crippen LogP contribution in [0.3, 0.4) is 0 Å². The number of nitrogens with one attached hydrogen (secondary N) is 1. The second kappa shape index (κ2) is 8.17. The number of hydrogen-bond acceptors (Lipinski definition) is 7. The van der Waals surface area contributed by atoms with Gasteiger partial charge in [0.2, 0.25) is 5.91 Å². The van der Waals surface area contributed by atoms with Crippen LogP contribution >= 0.6 is 0 Å². The van der Waals surface area contributed by atoms with Gasteiger partial charge < -0.3 is 25.4 Å². The molecule has 2 rings (SSSR count). The number of ketones is 1. The van der Waals surface area contributed by atoms with Crippen molar-refractivity contribution in [2.45, 2.75) is 51.7 Å². The molecule has 0 aromatic heterocycles. The molecule has 0 bridgehead atoms. The van der Waals surface area contributed by atoms with E-state index in [1.54, 1.807) is 19.1 Å². The van der Waals surface area contributed by atoms with Crippen LogP contribution in [0.1, 0.15) is 40.5 Å². The lowest BCUT2D eigenvalue weighted by Gasteiger charge is -2.39. The number of fused-ring (bicyclic) bond motifs is 1. The Labute approximate surface area is 173 Å². The SMILES string of the molecule is CC=CCCC(=O)C1=C(O)C(C)=C(O)C2(C)OC(=O)C(C)(NC(=O)C=CC(=O)O)C12. The summed E-state index contributed by atoms with van der Waals surface area (Å²) >= 11 is 0. The number of carboxylic acid groups (broad SMARTS) is 1. The standard InChI is InChI=1S/C21H25NO8/c1-5-6-7-8-12(23)15-16(27)11(2)18(28)21(4)17(15)20(3,19(29)30-21)22-13(24)9-10-14(25)26/h5-6,9-10,17,27-28H,7-8H2,1-4H3,(H,22,24)(H,25,26). The topological polar surface area (TPSA) is 150 Å². The third kappa shape index (κ3) is 3.74. The van der Waals surface area contributed by atoms with Crippen LogP contribution in [-0.4, -0.2) is 50.1 Å². The molecule has 30 heavy (non-hydrogen) atoms. The third-order valence-electron chi connectivity index (χ3n) is 5.42. The molecule has 3 unspecified atom stereocenters. The summed E-state index contributed by atoms with van der Waals surface area (Å²) in [5.41, 5.74) is -3.68. The van der Waals surface area contributed by atoms with Gasteiger partial charge in [0.25, 0.3) is 0 Å². The van der Waals surface area contributed by atoms with Gasteiger partial charge in [-0.3, -0.25) is 9.59 Å². The summed E-state index contributed by atoms with van der Waals surface area (Å²) in [6.45, 7) is 5.89. The average Bonchev–Trinajstić information content (AvgIpc) is 2.86. The second-order valence-electron chi connectivity index (χ2n) is 7.56. The predicted molar refractivity (Wildman–Crippen MR) is 105 cm³/mol. The van der Waals surface area contributed by atoms with Gasteiger partial charge in [-0.2, -0.15) is 0 Å². The van der Waals surface area contributed by atoms with E-state index in [4.69, 9.17) is 9.84 Å². The highest BCUT2D eigenvalue weighted by Crippen LogP contribution is 2.52. The number of aliphatic hydroxyl groups excluding tert-OH is 2. The molecule has 1 amide bonds. The smallest absolute Gasteiger partial charge is 0.333 e. The van der Waals surface area contributed by atoms with Crippen LogP contribution in [0.5, 0.6) is 0 Å². The third-order valence-corrected chi connectivity index (χ3v) is 5.42. The van der Waals surface area contributed by atoms with Crippen LogP contribution in [0, 0.1) is 5.92 Å². The molecule has 3 atom stereocenters. The Hall–Kier alpha value is -3.36. The molecule has 1 fully saturated rings. The number of carbonyl (C=O) groups is 4. The molecule has 0 spiro atoms. The maximum absolute atomic E-state index is 13.0. The maximum Gasteiger partial charge on any atom is 0.333 e. The normalized spacial score (nSPS) is 28.8. The van der Waals surface area contributed by atoms with Crippen molar-refractivity contribution in [1.29, 1.82) is 0 Å². The quantitative estimate of drug-likeness (QED) is 0.278. The molecule has 4 N–H and O–H groups in total. The van der Waals surface area contributed by atoms with Crippen molar-refractivity contribution in [3.63, 3.8) is 0 Å². The highest BCUT2D eigenvalue weighted by molar-refractivity contribution is 6.03. The summed E-state index contributed by atoms with van der Waals surface area (Å²) in [5, 5.41) is 32.4. The number of carbonyl (C=O) groups excluding carboxylic acids is 3. The average molecular weight is 419 g/mol. The molecule has 1 saturated heterocycles. The van der Waals surface area contributed by atoms with Gasteiger partial charge in [0.15, 0.2) is 11.4 Å². The Morgan fingerprint density at radius 1 is 1.20 bits per heavy atom. The first kappa shape index (κ1) is 22.9. The molecular weight excluding hydrogens is 394 g/mol. The van der Waals surface area contributed by atoms with Gasteiger partial charge in [-0.15, -0.1) is 0 Å². The number of Topliss-reactive ketones (excluding diaryl/α,β-unsaturated/α-hetero) is 1. The maximum atomic E-state index is 13.0. The zero-order valence-electron chi connectivity index (χ0n) is 17.2. The van der Waals surface area contributed by atoms with E-state index in [2.05, 4.69) is 5.32 Å². The van der Waals surface area contributed by atoms with Crippen LogP contribution < -0.4 is 5.32 Å². The molecule has 0 saturated carbocycles. The number of amides is 1. The van der Waals surface area contributed by atoms with Crippen LogP contribution in [0.4, 0.5) is 0 Å². The Morgan fingerprint density at radius 3 is 2.40 bits per heavy atom. The molecule has 0 aromatic rings. The Balaban J connectivity index is 2.58. The number of aliphatic carboxylic acids is 1. The summed E-state index contributed by atoms with van der Waals surface area (Å²) in [6, 6.07) is 0. The fourth-order valence-electron chi connectivity index (χ4n) is 3.98. The molecular formula is C21H25NO8. The Bertz CT molecular complexity index is 925. The molecule has 162 valence electrons. The van der Waals surface area contributed by atoms with Crippen molar-refractivity contribution in [2.75, 3.05) is 0 Å². The number of esters is 1. The molecule has 1 heterocycles. The number of aliphatic hydroxyl groups is 2. The van der Waals surface area contributed by atoms with Gasteiger partial charge >= 0.3 is 11.9 Å². The zero-order chi connectivity index (χ0) is 22.9. The minimum absolute atomic E-state index is 0.00252. The van der Waals surface area contributed by atoms with Crippen LogP contribution in [0.2, 0.25) is 0 Å². The van der Waals surface area contributed by atoms with E-state index < -0.39 is 52.2 Å². The lowest BCUT2D eigenvalue weighted by Crippen LogP contribution is -2.58. The summed E-state index contributed by atoms with van der Waals surface area (Å²) in [4.78, 5) is 48.7. The minimum Gasteiger partial charge on any atom is -0.508 e. The van der Waals surface area contributed by atoms with Crippen molar-refractivity contribution in [1.82, 2.24) is 5.32 Å². The summed E-state index contributed by atoms with van der Waals surface area (Å²) in [7, 11) is 0. The summed E-state index contributed by atoms with van der Waals surface area (Å²) in [5.74, 6) is -5.80. The van der Waals surface area contributed by atoms with E-state index in [0.717, 1.165) is 6.08 Å². The first-order chi connectivity index (χ1) is 13.9. The first-order valence-electron chi connectivity index (χ1n) is 9.34. The number of ether oxygens (including phenoxy) is 1. The van der Waals surface area contributed by atoms with E-state index in [0.29, 0.717) is 12.5 Å². The highest BCUT2D eigenvalue weighted by atomic mass is 16.6. The molecule has 0 radical (unpaired) electrons. The number of hydrogen-bond donors (Lipinski definition) is 4. The molecule has 2 aliphatic rings. The molecule has 1 aliphatic heterocycles. The van der Waals surface area contributed by atoms with E-state index in [9.17, 15) is 29.4 Å². The first-order valence-corrected chi connectivity index (χ1v) is 9.34. The Kier molecular flexibility index (Phi) is 6.25. The van der Waals surface area contributed by atoms with Gasteiger partial charge in [-0.1, -0.05) is 12.2 Å². The second-order valence-corrected chi connectivity index (χ2v) is 7.56. The van der Waals surface area contributed by atoms with E-state index in [-0.39, 0.29) is 17.6 Å². The molecule has 9 heteroatoms. The number of carboxylic acids is 1. The van der Waals surface area contributed by atoms with E-state index in [1.807, 2.05) is 0 Å². The zero-order valence-corrected chi connectivity index (χ0v) is 17.2. The van der Waals surface area contributed by atoms with Crippen molar-refractivity contribution in [3.05, 3.63) is 47.0 Å². The van der Waals surface area contributed by atoms with Gasteiger partial charge in [-0.05, 0) is 34.1 Å². The lowest BCUT2D eigenvalue weighted by molar-refractivity contribution is -0.151. The van der Waals surface area contributed by atoms with Crippen LogP contribution in [0.15, 0.2) is 47.0 Å². The van der Waals surface area contributed by atoms with Crippen molar-refractivity contribution in [2.24, 2.45) is 5.92 Å². The Morgan fingerprint density at radius 2 is 1.83 bits per heavy atom. The van der Waals surface area contributed by atoms with Gasteiger partial charge in [0.05, 0.1) is 5.92 Å². The monoisotopic (exact) mass is 419 g/mol. The van der Waals surface area contributed by atoms with Gasteiger partial charge in [0, 0.05) is 29.7 Å². The van der Waals surface area contributed by atoms with Gasteiger partial charge in [-0.25, -0.2) is 9.59 Å². The fraction of sp³-hybridized carbons (Fsp3) is 0.429. The molecule has 9 nitrogen and oxygen atoms in total. The summed E-state index contributed by atoms with van der Waals surface area (Å²) < 4.78 is 5.42. The minimum atomic E-state index is -1.84. The largest absolute Gasteiger partial charge is 0.508 e. The molecule has 1 aliphatic carbocycles.